The van der Waals surface area contributed by atoms with E-state index in [1.807, 2.05) is 0 Å². The minimum Gasteiger partial charge on any atom is -0.445 e. The lowest BCUT2D eigenvalue weighted by atomic mass is 9.93. The zero-order chi connectivity index (χ0) is 27.5. The molecule has 0 aromatic heterocycles. The lowest BCUT2D eigenvalue weighted by Gasteiger charge is -2.31. The monoisotopic (exact) mass is 532 g/mol. The number of rotatable bonds is 20. The number of esters is 3. The summed E-state index contributed by atoms with van der Waals surface area (Å²) in [6, 6.07) is 0. The van der Waals surface area contributed by atoms with Gasteiger partial charge in [-0.25, -0.2) is 14.4 Å². The summed E-state index contributed by atoms with van der Waals surface area (Å²) in [5.74, 6) is -3.77. The first-order valence-corrected chi connectivity index (χ1v) is 14.0. The highest BCUT2D eigenvalue weighted by atomic mass is 16.7. The van der Waals surface area contributed by atoms with Crippen molar-refractivity contribution in [1.82, 2.24) is 0 Å². The average molecular weight is 533 g/mol. The second-order valence-electron chi connectivity index (χ2n) is 10.0. The lowest BCUT2D eigenvalue weighted by Crippen LogP contribution is -2.52. The van der Waals surface area contributed by atoms with Crippen molar-refractivity contribution >= 4 is 17.9 Å². The van der Waals surface area contributed by atoms with Crippen LogP contribution < -0.4 is 0 Å². The molecule has 4 unspecified atom stereocenters. The fourth-order valence-corrected chi connectivity index (χ4v) is 4.42. The Bertz CT molecular complexity index is 653. The summed E-state index contributed by atoms with van der Waals surface area (Å²) in [6.07, 6.45) is 12.0. The SMILES string of the molecule is CCCCCCCCCCCCCCCCC(O)CC1(CO)OC(=O)C(CO)OC(=O)C(CO)OC1=O. The van der Waals surface area contributed by atoms with Gasteiger partial charge in [0.25, 0.3) is 0 Å². The zero-order valence-electron chi connectivity index (χ0n) is 22.4. The van der Waals surface area contributed by atoms with Gasteiger partial charge in [-0.05, 0) is 6.42 Å². The van der Waals surface area contributed by atoms with Crippen molar-refractivity contribution in [3.8, 4) is 0 Å². The van der Waals surface area contributed by atoms with E-state index >= 15 is 0 Å². The normalized spacial score (nSPS) is 23.4. The first kappa shape index (κ1) is 33.3. The van der Waals surface area contributed by atoms with Crippen molar-refractivity contribution in [1.29, 1.82) is 0 Å². The molecule has 0 amide bonds. The molecule has 4 N–H and O–H groups in total. The van der Waals surface area contributed by atoms with Gasteiger partial charge in [-0.15, -0.1) is 0 Å². The Hall–Kier alpha value is -1.75. The van der Waals surface area contributed by atoms with E-state index in [0.29, 0.717) is 12.8 Å². The second-order valence-corrected chi connectivity index (χ2v) is 10.0. The average Bonchev–Trinajstić information content (AvgIpc) is 2.92. The summed E-state index contributed by atoms with van der Waals surface area (Å²) in [5.41, 5.74) is -2.29. The first-order chi connectivity index (χ1) is 17.8. The summed E-state index contributed by atoms with van der Waals surface area (Å²) >= 11 is 0. The van der Waals surface area contributed by atoms with Crippen LogP contribution in [0.4, 0.5) is 0 Å². The number of hydrogen-bond acceptors (Lipinski definition) is 10. The topological polar surface area (TPSA) is 160 Å². The number of unbranched alkanes of at least 4 members (excludes halogenated alkanes) is 13. The molecule has 0 aliphatic carbocycles. The van der Waals surface area contributed by atoms with Crippen molar-refractivity contribution in [2.75, 3.05) is 19.8 Å². The standard InChI is InChI=1S/C27H48O10/c1-2-3-4-5-6-7-8-9-10-11-12-13-14-15-16-21(31)17-27(20-30)26(34)36-22(18-28)24(32)35-23(19-29)25(33)37-27/h21-23,28-31H,2-20H2,1H3. The van der Waals surface area contributed by atoms with Gasteiger partial charge in [-0.2, -0.15) is 0 Å². The minimum atomic E-state index is -2.29. The summed E-state index contributed by atoms with van der Waals surface area (Å²) in [7, 11) is 0. The molecular weight excluding hydrogens is 484 g/mol. The van der Waals surface area contributed by atoms with Gasteiger partial charge < -0.3 is 34.6 Å². The molecule has 216 valence electrons. The van der Waals surface area contributed by atoms with Crippen molar-refractivity contribution in [2.24, 2.45) is 0 Å². The van der Waals surface area contributed by atoms with E-state index in [9.17, 15) is 34.8 Å². The molecule has 10 heteroatoms. The molecule has 0 aromatic carbocycles. The Morgan fingerprint density at radius 1 is 0.703 bits per heavy atom. The number of aliphatic hydroxyl groups excluding tert-OH is 4. The van der Waals surface area contributed by atoms with Crippen LogP contribution >= 0.6 is 0 Å². The maximum absolute atomic E-state index is 12.7. The molecule has 37 heavy (non-hydrogen) atoms. The van der Waals surface area contributed by atoms with E-state index in [1.54, 1.807) is 0 Å². The number of ether oxygens (including phenoxy) is 3. The van der Waals surface area contributed by atoms with Crippen molar-refractivity contribution in [2.45, 2.75) is 134 Å². The van der Waals surface area contributed by atoms with Crippen molar-refractivity contribution in [3.05, 3.63) is 0 Å². The van der Waals surface area contributed by atoms with Crippen molar-refractivity contribution in [3.63, 3.8) is 0 Å². The Balaban J connectivity index is 2.39. The summed E-state index contributed by atoms with van der Waals surface area (Å²) in [4.78, 5) is 37.1. The number of carbonyl (C=O) groups excluding carboxylic acids is 3. The number of aliphatic hydroxyl groups is 4. The lowest BCUT2D eigenvalue weighted by molar-refractivity contribution is -0.196. The summed E-state index contributed by atoms with van der Waals surface area (Å²) < 4.78 is 14.8. The predicted octanol–water partition coefficient (Wildman–Crippen LogP) is 2.70. The number of carbonyl (C=O) groups is 3. The molecule has 1 aliphatic rings. The molecule has 0 aromatic rings. The molecule has 0 saturated carbocycles. The molecule has 4 atom stereocenters. The fourth-order valence-electron chi connectivity index (χ4n) is 4.42. The predicted molar refractivity (Wildman–Crippen MR) is 135 cm³/mol. The second kappa shape index (κ2) is 19.3. The van der Waals surface area contributed by atoms with Crippen LogP contribution in [0.3, 0.4) is 0 Å². The Labute approximate surface area is 220 Å². The van der Waals surface area contributed by atoms with Gasteiger partial charge in [0.2, 0.25) is 17.8 Å². The Morgan fingerprint density at radius 3 is 1.62 bits per heavy atom. The number of hydrogen-bond donors (Lipinski definition) is 4. The maximum Gasteiger partial charge on any atom is 0.354 e. The third-order valence-electron chi connectivity index (χ3n) is 6.74. The smallest absolute Gasteiger partial charge is 0.354 e. The quantitative estimate of drug-likeness (QED) is 0.104. The van der Waals surface area contributed by atoms with E-state index in [0.717, 1.165) is 19.3 Å². The van der Waals surface area contributed by atoms with Gasteiger partial charge >= 0.3 is 17.9 Å². The molecule has 10 nitrogen and oxygen atoms in total. The minimum absolute atomic E-state index is 0.312. The third-order valence-corrected chi connectivity index (χ3v) is 6.74. The van der Waals surface area contributed by atoms with E-state index < -0.39 is 68.1 Å². The van der Waals surface area contributed by atoms with Crippen LogP contribution in [0.1, 0.15) is 110 Å². The van der Waals surface area contributed by atoms with Crippen LogP contribution in [0.15, 0.2) is 0 Å². The number of cyclic esters (lactones) is 3. The van der Waals surface area contributed by atoms with Crippen LogP contribution in [0, 0.1) is 0 Å². The van der Waals surface area contributed by atoms with Gasteiger partial charge in [0.15, 0.2) is 0 Å². The first-order valence-electron chi connectivity index (χ1n) is 14.0. The van der Waals surface area contributed by atoms with Gasteiger partial charge in [-0.3, -0.25) is 0 Å². The fraction of sp³-hybridized carbons (Fsp3) is 0.889. The summed E-state index contributed by atoms with van der Waals surface area (Å²) in [5, 5.41) is 39.2. The van der Waals surface area contributed by atoms with Gasteiger partial charge in [0, 0.05) is 6.42 Å². The summed E-state index contributed by atoms with van der Waals surface area (Å²) in [6.45, 7) is -0.647. The van der Waals surface area contributed by atoms with Gasteiger partial charge in [-0.1, -0.05) is 96.8 Å². The molecule has 1 aliphatic heterocycles. The highest BCUT2D eigenvalue weighted by Gasteiger charge is 2.50. The zero-order valence-corrected chi connectivity index (χ0v) is 22.4. The van der Waals surface area contributed by atoms with Crippen LogP contribution in [0.5, 0.6) is 0 Å². The van der Waals surface area contributed by atoms with E-state index in [1.165, 1.54) is 64.2 Å². The molecule has 1 saturated heterocycles. The Kier molecular flexibility index (Phi) is 17.4. The van der Waals surface area contributed by atoms with E-state index in [4.69, 9.17) is 14.2 Å². The Morgan fingerprint density at radius 2 is 1.16 bits per heavy atom. The van der Waals surface area contributed by atoms with Crippen LogP contribution in [0.2, 0.25) is 0 Å². The molecule has 1 fully saturated rings. The van der Waals surface area contributed by atoms with Crippen LogP contribution in [-0.2, 0) is 28.6 Å². The molecular formula is C27H48O10. The largest absolute Gasteiger partial charge is 0.445 e. The molecule has 0 bridgehead atoms. The van der Waals surface area contributed by atoms with E-state index in [-0.39, 0.29) is 0 Å². The van der Waals surface area contributed by atoms with Gasteiger partial charge in [0.1, 0.15) is 0 Å². The molecule has 1 rings (SSSR count). The maximum atomic E-state index is 12.7. The highest BCUT2D eigenvalue weighted by molar-refractivity contribution is 5.90. The van der Waals surface area contributed by atoms with Crippen molar-refractivity contribution < 1.29 is 49.0 Å². The molecule has 0 radical (unpaired) electrons. The third kappa shape index (κ3) is 12.6. The van der Waals surface area contributed by atoms with E-state index in [2.05, 4.69) is 6.92 Å². The van der Waals surface area contributed by atoms with Gasteiger partial charge in [0.05, 0.1) is 25.9 Å². The molecule has 0 spiro atoms. The molecule has 1 heterocycles. The highest BCUT2D eigenvalue weighted by Crippen LogP contribution is 2.26. The van der Waals surface area contributed by atoms with Crippen LogP contribution in [0.25, 0.3) is 0 Å². The van der Waals surface area contributed by atoms with Crippen LogP contribution in [-0.4, -0.2) is 82.1 Å².